The third kappa shape index (κ3) is 7.20. The first-order valence-corrected chi connectivity index (χ1v) is 11.4. The Morgan fingerprint density at radius 3 is 2.53 bits per heavy atom. The number of carbonyl (C=O) groups excluding carboxylic acids is 1. The van der Waals surface area contributed by atoms with Gasteiger partial charge in [-0.3, -0.25) is 4.79 Å². The van der Waals surface area contributed by atoms with E-state index in [1.165, 1.54) is 13.0 Å². The minimum atomic E-state index is -3.13. The molecule has 0 saturated carbocycles. The molecule has 0 aromatic heterocycles. The summed E-state index contributed by atoms with van der Waals surface area (Å²) in [6.45, 7) is 6.12. The van der Waals surface area contributed by atoms with Gasteiger partial charge in [-0.1, -0.05) is 12.5 Å². The molecular formula is C24H33F2NO9. The van der Waals surface area contributed by atoms with Crippen molar-refractivity contribution in [1.82, 2.24) is 0 Å². The Kier molecular flexibility index (Phi) is 10.3. The molecule has 10 nitrogen and oxygen atoms in total. The van der Waals surface area contributed by atoms with Crippen LogP contribution in [0.2, 0.25) is 0 Å². The summed E-state index contributed by atoms with van der Waals surface area (Å²) >= 11 is 0. The number of hydrogen-bond donors (Lipinski definition) is 6. The van der Waals surface area contributed by atoms with Gasteiger partial charge >= 0.3 is 11.8 Å². The van der Waals surface area contributed by atoms with Gasteiger partial charge in [-0.2, -0.15) is 0 Å². The summed E-state index contributed by atoms with van der Waals surface area (Å²) in [5.41, 5.74) is 0.209. The van der Waals surface area contributed by atoms with Gasteiger partial charge in [-0.05, 0) is 38.0 Å². The second-order valence-corrected chi connectivity index (χ2v) is 9.03. The smallest absolute Gasteiger partial charge is 0.377 e. The van der Waals surface area contributed by atoms with Gasteiger partial charge in [0.1, 0.15) is 18.0 Å². The Morgan fingerprint density at radius 1 is 1.31 bits per heavy atom. The molecule has 1 fully saturated rings. The van der Waals surface area contributed by atoms with Gasteiger partial charge in [0, 0.05) is 18.0 Å². The van der Waals surface area contributed by atoms with Crippen LogP contribution in [0.15, 0.2) is 30.4 Å². The molecule has 12 heteroatoms. The molecule has 2 unspecified atom stereocenters. The van der Waals surface area contributed by atoms with Gasteiger partial charge in [-0.15, -0.1) is 6.58 Å². The number of aliphatic carboxylic acids is 1. The fourth-order valence-electron chi connectivity index (χ4n) is 3.85. The fourth-order valence-corrected chi connectivity index (χ4v) is 3.85. The van der Waals surface area contributed by atoms with E-state index in [-0.39, 0.29) is 12.1 Å². The van der Waals surface area contributed by atoms with E-state index in [9.17, 15) is 38.8 Å². The third-order valence-electron chi connectivity index (χ3n) is 5.98. The second-order valence-electron chi connectivity index (χ2n) is 9.03. The molecule has 1 aliphatic rings. The molecule has 0 radical (unpaired) electrons. The van der Waals surface area contributed by atoms with E-state index in [4.69, 9.17) is 14.6 Å². The molecule has 1 aromatic carbocycles. The lowest BCUT2D eigenvalue weighted by Gasteiger charge is -2.45. The highest BCUT2D eigenvalue weighted by atomic mass is 19.3. The van der Waals surface area contributed by atoms with Crippen LogP contribution in [0.4, 0.5) is 14.5 Å². The molecule has 6 atom stereocenters. The van der Waals surface area contributed by atoms with Gasteiger partial charge in [0.25, 0.3) is 6.43 Å². The molecule has 0 bridgehead atoms. The van der Waals surface area contributed by atoms with Crippen molar-refractivity contribution in [3.63, 3.8) is 0 Å². The largest absolute Gasteiger partial charge is 0.476 e. The van der Waals surface area contributed by atoms with E-state index in [1.54, 1.807) is 0 Å². The van der Waals surface area contributed by atoms with Crippen molar-refractivity contribution in [3.05, 3.63) is 35.9 Å². The van der Waals surface area contributed by atoms with Crippen LogP contribution in [-0.4, -0.2) is 74.2 Å². The minimum Gasteiger partial charge on any atom is -0.476 e. The Labute approximate surface area is 207 Å². The molecule has 6 N–H and O–H groups in total. The maximum atomic E-state index is 13.9. The zero-order valence-electron chi connectivity index (χ0n) is 20.1. The average Bonchev–Trinajstić information content (AvgIpc) is 2.80. The van der Waals surface area contributed by atoms with Gasteiger partial charge in [0.2, 0.25) is 5.91 Å². The summed E-state index contributed by atoms with van der Waals surface area (Å²) in [5, 5.41) is 52.1. The van der Waals surface area contributed by atoms with Crippen molar-refractivity contribution in [2.24, 2.45) is 5.92 Å². The summed E-state index contributed by atoms with van der Waals surface area (Å²) < 4.78 is 38.6. The Bertz CT molecular complexity index is 944. The van der Waals surface area contributed by atoms with Crippen molar-refractivity contribution in [2.45, 2.75) is 76.2 Å². The maximum absolute atomic E-state index is 13.9. The molecule has 1 aliphatic heterocycles. The Hall–Kier alpha value is -2.64. The number of ether oxygens (including phenoxy) is 2. The SMILES string of the molecule is C=C(C)CCCC(=O)Nc1ccc(O[C@]2(C(=O)O)CC(O)[C@@H](C)C([C@H](O)[C@H](O)CO)O2)c(C(F)F)c1. The van der Waals surface area contributed by atoms with Crippen molar-refractivity contribution < 1.29 is 53.4 Å². The summed E-state index contributed by atoms with van der Waals surface area (Å²) in [6, 6.07) is 3.23. The molecule has 0 spiro atoms. The van der Waals surface area contributed by atoms with Gasteiger partial charge in [0.05, 0.1) is 30.8 Å². The molecule has 1 heterocycles. The highest BCUT2D eigenvalue weighted by Crippen LogP contribution is 2.40. The number of carbonyl (C=O) groups is 2. The van der Waals surface area contributed by atoms with Crippen LogP contribution in [0, 0.1) is 5.92 Å². The molecule has 1 aromatic rings. The summed E-state index contributed by atoms with van der Waals surface area (Å²) in [7, 11) is 0. The van der Waals surface area contributed by atoms with Crippen LogP contribution in [0.1, 0.15) is 51.5 Å². The van der Waals surface area contributed by atoms with E-state index in [1.807, 2.05) is 6.92 Å². The summed E-state index contributed by atoms with van der Waals surface area (Å²) in [6.07, 6.45) is -8.96. The van der Waals surface area contributed by atoms with E-state index < -0.39 is 78.8 Å². The first-order valence-electron chi connectivity index (χ1n) is 11.4. The Balaban J connectivity index is 2.32. The van der Waals surface area contributed by atoms with Crippen molar-refractivity contribution >= 4 is 17.6 Å². The molecule has 2 rings (SSSR count). The van der Waals surface area contributed by atoms with Crippen molar-refractivity contribution in [2.75, 3.05) is 11.9 Å². The van der Waals surface area contributed by atoms with E-state index in [2.05, 4.69) is 11.9 Å². The number of alkyl halides is 2. The molecule has 1 amide bonds. The number of halogens is 2. The van der Waals surface area contributed by atoms with Crippen LogP contribution in [0.5, 0.6) is 5.75 Å². The normalized spacial score (nSPS) is 25.8. The third-order valence-corrected chi connectivity index (χ3v) is 5.98. The van der Waals surface area contributed by atoms with Gasteiger partial charge in [-0.25, -0.2) is 13.6 Å². The van der Waals surface area contributed by atoms with Gasteiger partial charge in [0.15, 0.2) is 0 Å². The molecule has 202 valence electrons. The standard InChI is InChI=1S/C24H33F2NO9/c1-12(2)5-4-6-19(31)27-14-7-8-18(15(9-14)22(25)26)35-24(23(33)34)10-16(29)13(3)21(36-24)20(32)17(30)11-28/h7-9,13,16-17,20-22,28-30,32H,1,4-6,10-11H2,2-3H3,(H,27,31)(H,33,34)/t13-,16?,17-,20-,21?,24-/m1/s1. The number of hydrogen-bond acceptors (Lipinski definition) is 8. The molecule has 36 heavy (non-hydrogen) atoms. The predicted molar refractivity (Wildman–Crippen MR) is 123 cm³/mol. The lowest BCUT2D eigenvalue weighted by molar-refractivity contribution is -0.292. The van der Waals surface area contributed by atoms with Crippen LogP contribution >= 0.6 is 0 Å². The van der Waals surface area contributed by atoms with E-state index >= 15 is 0 Å². The number of rotatable bonds is 12. The number of aliphatic hydroxyl groups excluding tert-OH is 4. The van der Waals surface area contributed by atoms with Crippen molar-refractivity contribution in [1.29, 1.82) is 0 Å². The zero-order chi connectivity index (χ0) is 27.2. The zero-order valence-corrected chi connectivity index (χ0v) is 20.1. The number of carboxylic acid groups (broad SMARTS) is 1. The number of nitrogens with one attached hydrogen (secondary N) is 1. The summed E-state index contributed by atoms with van der Waals surface area (Å²) in [5.74, 6) is -6.33. The number of carboxylic acids is 1. The first-order chi connectivity index (χ1) is 16.8. The van der Waals surface area contributed by atoms with Gasteiger partial charge < -0.3 is 40.3 Å². The fraction of sp³-hybridized carbons (Fsp3) is 0.583. The van der Waals surface area contributed by atoms with Crippen LogP contribution in [0.3, 0.4) is 0 Å². The Morgan fingerprint density at radius 2 is 1.97 bits per heavy atom. The average molecular weight is 518 g/mol. The second kappa shape index (κ2) is 12.5. The lowest BCUT2D eigenvalue weighted by atomic mass is 9.84. The lowest BCUT2D eigenvalue weighted by Crippen LogP contribution is -2.62. The molecule has 1 saturated heterocycles. The topological polar surface area (TPSA) is 166 Å². The van der Waals surface area contributed by atoms with Crippen LogP contribution < -0.4 is 10.1 Å². The highest BCUT2D eigenvalue weighted by Gasteiger charge is 2.55. The number of benzene rings is 1. The quantitative estimate of drug-likeness (QED) is 0.227. The van der Waals surface area contributed by atoms with Crippen LogP contribution in [-0.2, 0) is 14.3 Å². The van der Waals surface area contributed by atoms with Crippen LogP contribution in [0.25, 0.3) is 0 Å². The maximum Gasteiger partial charge on any atom is 0.377 e. The highest BCUT2D eigenvalue weighted by molar-refractivity contribution is 5.90. The summed E-state index contributed by atoms with van der Waals surface area (Å²) in [4.78, 5) is 24.3. The molecular weight excluding hydrogens is 484 g/mol. The van der Waals surface area contributed by atoms with E-state index in [0.29, 0.717) is 12.8 Å². The number of amides is 1. The molecule has 0 aliphatic carbocycles. The minimum absolute atomic E-state index is 0.0416. The number of allylic oxidation sites excluding steroid dienone is 1. The number of anilines is 1. The number of aliphatic hydroxyl groups is 4. The first kappa shape index (κ1) is 29.6. The van der Waals surface area contributed by atoms with E-state index in [0.717, 1.165) is 17.7 Å². The predicted octanol–water partition coefficient (Wildman–Crippen LogP) is 1.97. The van der Waals surface area contributed by atoms with Crippen molar-refractivity contribution in [3.8, 4) is 5.75 Å². The monoisotopic (exact) mass is 517 g/mol.